The first kappa shape index (κ1) is 19.8. The molecule has 152 valence electrons. The van der Waals surface area contributed by atoms with Crippen LogP contribution in [-0.2, 0) is 19.5 Å². The highest BCUT2D eigenvalue weighted by Crippen LogP contribution is 2.24. The van der Waals surface area contributed by atoms with Crippen LogP contribution in [0.5, 0.6) is 0 Å². The minimum atomic E-state index is -0.525. The van der Waals surface area contributed by atoms with Crippen LogP contribution >= 0.6 is 0 Å². The largest absolute Gasteiger partial charge is 0.328 e. The molecule has 0 saturated carbocycles. The van der Waals surface area contributed by atoms with Crippen LogP contribution in [0.15, 0.2) is 54.7 Å². The number of aryl methyl sites for hydroxylation is 1. The lowest BCUT2D eigenvalue weighted by atomic mass is 9.94. The van der Waals surface area contributed by atoms with E-state index < -0.39 is 11.6 Å². The molecule has 0 aliphatic carbocycles. The summed E-state index contributed by atoms with van der Waals surface area (Å²) >= 11 is 0. The minimum absolute atomic E-state index is 0.457. The van der Waals surface area contributed by atoms with Crippen molar-refractivity contribution < 1.29 is 8.78 Å². The van der Waals surface area contributed by atoms with Gasteiger partial charge in [0.1, 0.15) is 17.5 Å². The van der Waals surface area contributed by atoms with E-state index in [9.17, 15) is 8.78 Å². The molecule has 0 spiro atoms. The first-order valence-corrected chi connectivity index (χ1v) is 10.3. The molecule has 2 heterocycles. The predicted molar refractivity (Wildman–Crippen MR) is 111 cm³/mol. The number of benzene rings is 2. The number of aromatic nitrogens is 2. The van der Waals surface area contributed by atoms with Crippen molar-refractivity contribution in [2.45, 2.75) is 39.3 Å². The maximum absolute atomic E-state index is 14.0. The lowest BCUT2D eigenvalue weighted by molar-refractivity contribution is 0.163. The summed E-state index contributed by atoms with van der Waals surface area (Å²) in [6, 6.07) is 14.3. The second-order valence-electron chi connectivity index (χ2n) is 8.07. The number of rotatable bonds is 6. The van der Waals surface area contributed by atoms with Crippen LogP contribution in [-0.4, -0.2) is 27.5 Å². The Morgan fingerprint density at radius 2 is 1.90 bits per heavy atom. The normalized spacial score (nSPS) is 17.6. The van der Waals surface area contributed by atoms with Crippen LogP contribution < -0.4 is 0 Å². The standard InChI is InChI=1S/C24H27F2N3/c1-18-14-27-24(29(18)16-19-6-3-2-4-7-19)12-20-8-5-11-28(15-20)17-21-9-10-22(25)13-23(21)26/h2-4,6-7,9-10,13-14,20H,5,8,11-12,15-17H2,1H3. The highest BCUT2D eigenvalue weighted by atomic mass is 19.1. The van der Waals surface area contributed by atoms with Gasteiger partial charge in [-0.3, -0.25) is 4.90 Å². The molecule has 1 saturated heterocycles. The quantitative estimate of drug-likeness (QED) is 0.587. The molecule has 5 heteroatoms. The van der Waals surface area contributed by atoms with Crippen LogP contribution in [0.1, 0.15) is 35.5 Å². The Hall–Kier alpha value is -2.53. The lowest BCUT2D eigenvalue weighted by Crippen LogP contribution is -2.36. The van der Waals surface area contributed by atoms with Crippen molar-refractivity contribution >= 4 is 0 Å². The third-order valence-corrected chi connectivity index (χ3v) is 5.80. The maximum atomic E-state index is 14.0. The van der Waals surface area contributed by atoms with Gasteiger partial charge in [0.25, 0.3) is 0 Å². The molecule has 0 N–H and O–H groups in total. The molecule has 1 aromatic heterocycles. The molecule has 1 atom stereocenters. The van der Waals surface area contributed by atoms with Crippen molar-refractivity contribution in [2.75, 3.05) is 13.1 Å². The molecule has 4 rings (SSSR count). The van der Waals surface area contributed by atoms with E-state index >= 15 is 0 Å². The van der Waals surface area contributed by atoms with E-state index in [0.717, 1.165) is 50.8 Å². The highest BCUT2D eigenvalue weighted by molar-refractivity contribution is 5.19. The molecule has 3 aromatic rings. The molecule has 2 aromatic carbocycles. The van der Waals surface area contributed by atoms with E-state index in [4.69, 9.17) is 0 Å². The Labute approximate surface area is 171 Å². The monoisotopic (exact) mass is 395 g/mol. The summed E-state index contributed by atoms with van der Waals surface area (Å²) < 4.78 is 29.5. The van der Waals surface area contributed by atoms with Crippen molar-refractivity contribution in [1.29, 1.82) is 0 Å². The van der Waals surface area contributed by atoms with E-state index in [1.165, 1.54) is 17.3 Å². The van der Waals surface area contributed by atoms with Gasteiger partial charge in [0.05, 0.1) is 0 Å². The fraction of sp³-hybridized carbons (Fsp3) is 0.375. The second-order valence-corrected chi connectivity index (χ2v) is 8.07. The second kappa shape index (κ2) is 8.87. The molecule has 0 bridgehead atoms. The Morgan fingerprint density at radius 3 is 2.69 bits per heavy atom. The zero-order valence-electron chi connectivity index (χ0n) is 16.8. The van der Waals surface area contributed by atoms with Crippen LogP contribution in [0.4, 0.5) is 8.78 Å². The van der Waals surface area contributed by atoms with Crippen molar-refractivity contribution in [3.8, 4) is 0 Å². The molecule has 0 radical (unpaired) electrons. The highest BCUT2D eigenvalue weighted by Gasteiger charge is 2.23. The van der Waals surface area contributed by atoms with Gasteiger partial charge in [0.15, 0.2) is 0 Å². The average molecular weight is 395 g/mol. The van der Waals surface area contributed by atoms with E-state index in [-0.39, 0.29) is 0 Å². The Morgan fingerprint density at radius 1 is 1.07 bits per heavy atom. The van der Waals surface area contributed by atoms with Crippen LogP contribution in [0.3, 0.4) is 0 Å². The number of hydrogen-bond donors (Lipinski definition) is 0. The van der Waals surface area contributed by atoms with Gasteiger partial charge in [-0.25, -0.2) is 13.8 Å². The number of nitrogens with zero attached hydrogens (tertiary/aromatic N) is 3. The summed E-state index contributed by atoms with van der Waals surface area (Å²) in [6.45, 7) is 5.32. The molecule has 1 fully saturated rings. The predicted octanol–water partition coefficient (Wildman–Crippen LogP) is 4.97. The summed E-state index contributed by atoms with van der Waals surface area (Å²) in [7, 11) is 0. The Bertz CT molecular complexity index is 952. The third kappa shape index (κ3) is 4.91. The van der Waals surface area contributed by atoms with Crippen molar-refractivity contribution in [1.82, 2.24) is 14.5 Å². The van der Waals surface area contributed by atoms with Crippen LogP contribution in [0.2, 0.25) is 0 Å². The van der Waals surface area contributed by atoms with Gasteiger partial charge in [0, 0.05) is 49.6 Å². The van der Waals surface area contributed by atoms with Gasteiger partial charge in [-0.2, -0.15) is 0 Å². The molecular weight excluding hydrogens is 368 g/mol. The van der Waals surface area contributed by atoms with E-state index in [1.807, 2.05) is 12.3 Å². The Kier molecular flexibility index (Phi) is 6.05. The first-order chi connectivity index (χ1) is 14.1. The summed E-state index contributed by atoms with van der Waals surface area (Å²) in [5.41, 5.74) is 3.00. The fourth-order valence-corrected chi connectivity index (χ4v) is 4.27. The molecule has 1 aliphatic heterocycles. The van der Waals surface area contributed by atoms with E-state index in [0.29, 0.717) is 18.0 Å². The average Bonchev–Trinajstić information content (AvgIpc) is 3.05. The van der Waals surface area contributed by atoms with Gasteiger partial charge in [-0.1, -0.05) is 36.4 Å². The SMILES string of the molecule is Cc1cnc(CC2CCCN(Cc3ccc(F)cc3F)C2)n1Cc1ccccc1. The molecule has 3 nitrogen and oxygen atoms in total. The topological polar surface area (TPSA) is 21.1 Å². The molecule has 1 aliphatic rings. The lowest BCUT2D eigenvalue weighted by Gasteiger charge is -2.33. The first-order valence-electron chi connectivity index (χ1n) is 10.3. The molecule has 0 amide bonds. The maximum Gasteiger partial charge on any atom is 0.130 e. The van der Waals surface area contributed by atoms with Gasteiger partial charge >= 0.3 is 0 Å². The molecule has 29 heavy (non-hydrogen) atoms. The number of likely N-dealkylation sites (tertiary alicyclic amines) is 1. The van der Waals surface area contributed by atoms with Crippen molar-refractivity contribution in [2.24, 2.45) is 5.92 Å². The van der Waals surface area contributed by atoms with E-state index in [1.54, 1.807) is 6.07 Å². The minimum Gasteiger partial charge on any atom is -0.328 e. The van der Waals surface area contributed by atoms with Gasteiger partial charge in [0.2, 0.25) is 0 Å². The number of piperidine rings is 1. The summed E-state index contributed by atoms with van der Waals surface area (Å²) in [5.74, 6) is 0.624. The zero-order chi connectivity index (χ0) is 20.2. The Balaban J connectivity index is 1.42. The van der Waals surface area contributed by atoms with E-state index in [2.05, 4.69) is 45.6 Å². The summed E-state index contributed by atoms with van der Waals surface area (Å²) in [4.78, 5) is 6.96. The van der Waals surface area contributed by atoms with Gasteiger partial charge < -0.3 is 4.57 Å². The van der Waals surface area contributed by atoms with Crippen molar-refractivity contribution in [3.63, 3.8) is 0 Å². The molecule has 1 unspecified atom stereocenters. The summed E-state index contributed by atoms with van der Waals surface area (Å²) in [6.07, 6.45) is 5.11. The summed E-state index contributed by atoms with van der Waals surface area (Å²) in [5, 5.41) is 0. The smallest absolute Gasteiger partial charge is 0.130 e. The number of hydrogen-bond acceptors (Lipinski definition) is 2. The fourth-order valence-electron chi connectivity index (χ4n) is 4.27. The zero-order valence-corrected chi connectivity index (χ0v) is 16.8. The number of imidazole rings is 1. The third-order valence-electron chi connectivity index (χ3n) is 5.80. The van der Waals surface area contributed by atoms with Crippen LogP contribution in [0.25, 0.3) is 0 Å². The molecular formula is C24H27F2N3. The van der Waals surface area contributed by atoms with Crippen molar-refractivity contribution in [3.05, 3.63) is 89.0 Å². The van der Waals surface area contributed by atoms with Crippen LogP contribution in [0, 0.1) is 24.5 Å². The van der Waals surface area contributed by atoms with Gasteiger partial charge in [-0.05, 0) is 43.9 Å². The van der Waals surface area contributed by atoms with Gasteiger partial charge in [-0.15, -0.1) is 0 Å². The number of halogens is 2.